The molecule has 0 heterocycles. The van der Waals surface area contributed by atoms with Crippen LogP contribution >= 0.6 is 15.9 Å². The number of halogens is 1. The predicted octanol–water partition coefficient (Wildman–Crippen LogP) is 4.13. The zero-order valence-electron chi connectivity index (χ0n) is 10.4. The lowest BCUT2D eigenvalue weighted by Crippen LogP contribution is -2.09. The van der Waals surface area contributed by atoms with Crippen LogP contribution in [-0.4, -0.2) is 7.11 Å². The standard InChI is InChI=1S/C15H13BrN2O/c1-19-15-8-3-2-7-13(15)14(10-17)18-12-6-4-5-11(16)9-12/h2-9,14,18H,1H3. The molecule has 1 N–H and O–H groups in total. The molecular weight excluding hydrogens is 304 g/mol. The van der Waals surface area contributed by atoms with Gasteiger partial charge in [-0.05, 0) is 24.3 Å². The number of anilines is 1. The number of nitrogens with one attached hydrogen (secondary N) is 1. The minimum atomic E-state index is -0.453. The fourth-order valence-electron chi connectivity index (χ4n) is 1.83. The van der Waals surface area contributed by atoms with Gasteiger partial charge in [0, 0.05) is 15.7 Å². The highest BCUT2D eigenvalue weighted by atomic mass is 79.9. The van der Waals surface area contributed by atoms with Crippen LogP contribution in [0.4, 0.5) is 5.69 Å². The van der Waals surface area contributed by atoms with E-state index in [2.05, 4.69) is 27.3 Å². The normalized spacial score (nSPS) is 11.4. The lowest BCUT2D eigenvalue weighted by molar-refractivity contribution is 0.409. The van der Waals surface area contributed by atoms with E-state index in [4.69, 9.17) is 4.74 Å². The molecule has 19 heavy (non-hydrogen) atoms. The van der Waals surface area contributed by atoms with Gasteiger partial charge in [0.2, 0.25) is 0 Å². The van der Waals surface area contributed by atoms with Crippen molar-refractivity contribution in [2.75, 3.05) is 12.4 Å². The maximum atomic E-state index is 9.35. The molecule has 0 saturated carbocycles. The van der Waals surface area contributed by atoms with Gasteiger partial charge < -0.3 is 10.1 Å². The third-order valence-electron chi connectivity index (χ3n) is 2.71. The summed E-state index contributed by atoms with van der Waals surface area (Å²) < 4.78 is 6.26. The zero-order chi connectivity index (χ0) is 13.7. The van der Waals surface area contributed by atoms with Crippen LogP contribution < -0.4 is 10.1 Å². The highest BCUT2D eigenvalue weighted by Gasteiger charge is 2.14. The second kappa shape index (κ2) is 6.26. The molecule has 4 heteroatoms. The summed E-state index contributed by atoms with van der Waals surface area (Å²) in [5, 5.41) is 12.5. The minimum absolute atomic E-state index is 0.453. The lowest BCUT2D eigenvalue weighted by Gasteiger charge is -2.16. The average Bonchev–Trinajstić information content (AvgIpc) is 2.45. The Morgan fingerprint density at radius 2 is 2.00 bits per heavy atom. The highest BCUT2D eigenvalue weighted by molar-refractivity contribution is 9.10. The quantitative estimate of drug-likeness (QED) is 0.922. The first-order valence-corrected chi connectivity index (χ1v) is 6.58. The minimum Gasteiger partial charge on any atom is -0.496 e. The number of benzene rings is 2. The number of rotatable bonds is 4. The largest absolute Gasteiger partial charge is 0.496 e. The van der Waals surface area contributed by atoms with E-state index in [1.807, 2.05) is 48.5 Å². The highest BCUT2D eigenvalue weighted by Crippen LogP contribution is 2.28. The van der Waals surface area contributed by atoms with E-state index in [1.54, 1.807) is 7.11 Å². The van der Waals surface area contributed by atoms with Gasteiger partial charge >= 0.3 is 0 Å². The fourth-order valence-corrected chi connectivity index (χ4v) is 2.23. The maximum Gasteiger partial charge on any atom is 0.143 e. The Bertz CT molecular complexity index is 607. The van der Waals surface area contributed by atoms with Crippen LogP contribution in [0, 0.1) is 11.3 Å². The molecule has 1 unspecified atom stereocenters. The molecule has 0 spiro atoms. The molecule has 0 aromatic heterocycles. The summed E-state index contributed by atoms with van der Waals surface area (Å²) in [6.07, 6.45) is 0. The van der Waals surface area contributed by atoms with Crippen molar-refractivity contribution < 1.29 is 4.74 Å². The smallest absolute Gasteiger partial charge is 0.143 e. The Balaban J connectivity index is 2.28. The van der Waals surface area contributed by atoms with E-state index in [0.29, 0.717) is 5.75 Å². The van der Waals surface area contributed by atoms with E-state index >= 15 is 0 Å². The number of ether oxygens (including phenoxy) is 1. The topological polar surface area (TPSA) is 45.0 Å². The first-order chi connectivity index (χ1) is 9.24. The third kappa shape index (κ3) is 3.27. The summed E-state index contributed by atoms with van der Waals surface area (Å²) in [6, 6.07) is 17.0. The SMILES string of the molecule is COc1ccccc1C(C#N)Nc1cccc(Br)c1. The van der Waals surface area contributed by atoms with Crippen LogP contribution in [-0.2, 0) is 0 Å². The molecule has 0 saturated heterocycles. The van der Waals surface area contributed by atoms with Gasteiger partial charge in [-0.3, -0.25) is 0 Å². The Morgan fingerprint density at radius 3 is 2.68 bits per heavy atom. The Labute approximate surface area is 121 Å². The number of nitriles is 1. The van der Waals surface area contributed by atoms with Gasteiger partial charge in [0.15, 0.2) is 0 Å². The van der Waals surface area contributed by atoms with Gasteiger partial charge in [0.05, 0.1) is 13.2 Å². The molecular formula is C15H13BrN2O. The second-order valence-corrected chi connectivity index (χ2v) is 4.87. The number of nitrogens with zero attached hydrogens (tertiary/aromatic N) is 1. The van der Waals surface area contributed by atoms with E-state index in [0.717, 1.165) is 15.7 Å². The van der Waals surface area contributed by atoms with Crippen LogP contribution in [0.1, 0.15) is 11.6 Å². The van der Waals surface area contributed by atoms with E-state index in [9.17, 15) is 5.26 Å². The van der Waals surface area contributed by atoms with Crippen LogP contribution in [0.5, 0.6) is 5.75 Å². The first kappa shape index (κ1) is 13.4. The summed E-state index contributed by atoms with van der Waals surface area (Å²) >= 11 is 3.41. The number of para-hydroxylation sites is 1. The molecule has 3 nitrogen and oxygen atoms in total. The van der Waals surface area contributed by atoms with Gasteiger partial charge in [0.25, 0.3) is 0 Å². The fraction of sp³-hybridized carbons (Fsp3) is 0.133. The maximum absolute atomic E-state index is 9.35. The number of methoxy groups -OCH3 is 1. The van der Waals surface area contributed by atoms with Crippen LogP contribution in [0.25, 0.3) is 0 Å². The van der Waals surface area contributed by atoms with Crippen molar-refractivity contribution in [3.8, 4) is 11.8 Å². The Kier molecular flexibility index (Phi) is 4.43. The van der Waals surface area contributed by atoms with Crippen LogP contribution in [0.15, 0.2) is 53.0 Å². The molecule has 0 radical (unpaired) electrons. The predicted molar refractivity (Wildman–Crippen MR) is 79.1 cm³/mol. The molecule has 96 valence electrons. The molecule has 2 aromatic carbocycles. The molecule has 1 atom stereocenters. The molecule has 0 bridgehead atoms. The van der Waals surface area contributed by atoms with Crippen molar-refractivity contribution in [2.45, 2.75) is 6.04 Å². The van der Waals surface area contributed by atoms with E-state index < -0.39 is 6.04 Å². The van der Waals surface area contributed by atoms with Crippen LogP contribution in [0.3, 0.4) is 0 Å². The first-order valence-electron chi connectivity index (χ1n) is 5.79. The van der Waals surface area contributed by atoms with Crippen LogP contribution in [0.2, 0.25) is 0 Å². The van der Waals surface area contributed by atoms with Crippen molar-refractivity contribution in [2.24, 2.45) is 0 Å². The van der Waals surface area contributed by atoms with Gasteiger partial charge in [0.1, 0.15) is 11.8 Å². The van der Waals surface area contributed by atoms with Crippen molar-refractivity contribution >= 4 is 21.6 Å². The molecule has 0 aliphatic heterocycles. The van der Waals surface area contributed by atoms with Crippen molar-refractivity contribution in [3.05, 3.63) is 58.6 Å². The molecule has 0 aliphatic carbocycles. The van der Waals surface area contributed by atoms with Crippen molar-refractivity contribution in [1.29, 1.82) is 5.26 Å². The molecule has 2 aromatic rings. The van der Waals surface area contributed by atoms with Gasteiger partial charge in [-0.1, -0.05) is 40.2 Å². The molecule has 0 amide bonds. The molecule has 2 rings (SSSR count). The van der Waals surface area contributed by atoms with Crippen molar-refractivity contribution in [1.82, 2.24) is 0 Å². The summed E-state index contributed by atoms with van der Waals surface area (Å²) in [5.74, 6) is 0.705. The Hall–Kier alpha value is -1.99. The summed E-state index contributed by atoms with van der Waals surface area (Å²) in [4.78, 5) is 0. The second-order valence-electron chi connectivity index (χ2n) is 3.96. The lowest BCUT2D eigenvalue weighted by atomic mass is 10.1. The molecule has 0 aliphatic rings. The van der Waals surface area contributed by atoms with Gasteiger partial charge in [-0.25, -0.2) is 0 Å². The molecule has 0 fully saturated rings. The van der Waals surface area contributed by atoms with Gasteiger partial charge in [-0.2, -0.15) is 5.26 Å². The number of hydrogen-bond acceptors (Lipinski definition) is 3. The zero-order valence-corrected chi connectivity index (χ0v) is 12.0. The summed E-state index contributed by atoms with van der Waals surface area (Å²) in [7, 11) is 1.60. The van der Waals surface area contributed by atoms with Gasteiger partial charge in [-0.15, -0.1) is 0 Å². The van der Waals surface area contributed by atoms with E-state index in [1.165, 1.54) is 0 Å². The summed E-state index contributed by atoms with van der Waals surface area (Å²) in [6.45, 7) is 0. The van der Waals surface area contributed by atoms with Crippen molar-refractivity contribution in [3.63, 3.8) is 0 Å². The monoisotopic (exact) mass is 316 g/mol. The average molecular weight is 317 g/mol. The van der Waals surface area contributed by atoms with E-state index in [-0.39, 0.29) is 0 Å². The number of hydrogen-bond donors (Lipinski definition) is 1. The summed E-state index contributed by atoms with van der Waals surface area (Å²) in [5.41, 5.74) is 1.71. The Morgan fingerprint density at radius 1 is 1.21 bits per heavy atom. The third-order valence-corrected chi connectivity index (χ3v) is 3.21.